The average Bonchev–Trinajstić information content (AvgIpc) is 2.90. The summed E-state index contributed by atoms with van der Waals surface area (Å²) in [5.41, 5.74) is -2.51. The van der Waals surface area contributed by atoms with Crippen LogP contribution in [0.1, 0.15) is 128 Å². The van der Waals surface area contributed by atoms with Crippen molar-refractivity contribution in [1.29, 1.82) is 0 Å². The fourth-order valence-corrected chi connectivity index (χ4v) is 4.76. The number of unbranched alkanes of at least 4 members (excludes halogenated alkanes) is 6. The van der Waals surface area contributed by atoms with Crippen LogP contribution in [0.2, 0.25) is 0 Å². The van der Waals surface area contributed by atoms with Gasteiger partial charge in [0.05, 0.1) is 30.9 Å². The van der Waals surface area contributed by atoms with E-state index in [0.717, 1.165) is 57.1 Å². The summed E-state index contributed by atoms with van der Waals surface area (Å²) in [6.07, 6.45) is 2.02. The first-order valence-electron chi connectivity index (χ1n) is 15.1. The van der Waals surface area contributed by atoms with E-state index in [1.807, 2.05) is 20.8 Å². The minimum Gasteiger partial charge on any atom is -0.327 e. The maximum Gasteiger partial charge on any atom is 0.416 e. The Balaban J connectivity index is 3.06. The van der Waals surface area contributed by atoms with Crippen molar-refractivity contribution < 1.29 is 40.6 Å². The predicted molar refractivity (Wildman–Crippen MR) is 147 cm³/mol. The Morgan fingerprint density at radius 2 is 0.975 bits per heavy atom. The molecule has 0 fully saturated rings. The van der Waals surface area contributed by atoms with Crippen molar-refractivity contribution in [3.05, 3.63) is 34.9 Å². The van der Waals surface area contributed by atoms with Gasteiger partial charge in [-0.05, 0) is 68.7 Å². The van der Waals surface area contributed by atoms with Crippen LogP contribution in [-0.2, 0) is 33.0 Å². The summed E-state index contributed by atoms with van der Waals surface area (Å²) in [5.74, 6) is -1.30. The molecule has 3 nitrogen and oxygen atoms in total. The Kier molecular flexibility index (Phi) is 17.4. The number of aryl methyl sites for hydroxylation is 1. The van der Waals surface area contributed by atoms with Crippen LogP contribution in [0.15, 0.2) is 18.2 Å². The lowest BCUT2D eigenvalue weighted by Crippen LogP contribution is -2.47. The Morgan fingerprint density at radius 1 is 0.550 bits per heavy atom. The van der Waals surface area contributed by atoms with Gasteiger partial charge < -0.3 is 14.2 Å². The quantitative estimate of drug-likeness (QED) is 0.0771. The van der Waals surface area contributed by atoms with Crippen LogP contribution in [0.25, 0.3) is 0 Å². The molecule has 0 spiro atoms. The van der Waals surface area contributed by atoms with Gasteiger partial charge in [0.15, 0.2) is 0 Å². The molecule has 0 saturated carbocycles. The number of ether oxygens (including phenoxy) is 3. The van der Waals surface area contributed by atoms with Gasteiger partial charge in [0.2, 0.25) is 0 Å². The fraction of sp³-hybridized carbons (Fsp3) is 0.806. The Hall–Kier alpha value is -1.32. The molecule has 0 N–H and O–H groups in total. The third kappa shape index (κ3) is 13.6. The van der Waals surface area contributed by atoms with E-state index in [1.165, 1.54) is 19.3 Å². The molecule has 1 rings (SSSR count). The topological polar surface area (TPSA) is 27.7 Å². The Morgan fingerprint density at radius 3 is 1.40 bits per heavy atom. The van der Waals surface area contributed by atoms with Gasteiger partial charge in [-0.15, -0.1) is 0 Å². The number of halogens is 6. The molecule has 0 aromatic heterocycles. The van der Waals surface area contributed by atoms with Crippen LogP contribution in [0.5, 0.6) is 0 Å². The van der Waals surface area contributed by atoms with Crippen molar-refractivity contribution in [2.75, 3.05) is 19.8 Å². The zero-order chi connectivity index (χ0) is 30.1. The van der Waals surface area contributed by atoms with Crippen molar-refractivity contribution in [3.63, 3.8) is 0 Å². The average molecular weight is 585 g/mol. The molecule has 1 unspecified atom stereocenters. The number of rotatable bonds is 22. The second-order valence-electron chi connectivity index (χ2n) is 10.6. The highest BCUT2D eigenvalue weighted by molar-refractivity contribution is 5.33. The van der Waals surface area contributed by atoms with Crippen LogP contribution in [0, 0.1) is 5.92 Å². The van der Waals surface area contributed by atoms with Gasteiger partial charge in [-0.3, -0.25) is 0 Å². The summed E-state index contributed by atoms with van der Waals surface area (Å²) in [7, 11) is 0. The maximum absolute atomic E-state index is 13.3. The van der Waals surface area contributed by atoms with Gasteiger partial charge in [-0.25, -0.2) is 0 Å². The molecule has 1 atom stereocenters. The third-order valence-electron chi connectivity index (χ3n) is 6.84. The molecule has 0 aliphatic carbocycles. The zero-order valence-electron chi connectivity index (χ0n) is 24.8. The number of hydrogen-bond acceptors (Lipinski definition) is 3. The first-order valence-corrected chi connectivity index (χ1v) is 15.1. The predicted octanol–water partition coefficient (Wildman–Crippen LogP) is 10.7. The standard InChI is InChI=1S/C31H50F6O3/c1-5-9-10-11-12-13-17-26(31(38-19-6-2,39-20-7-3)40-21-8-4)18-15-14-16-25-22-27(29(32,33)34)24-28(23-25)30(35,36)37/h22-24,26H,5-21H2,1-4H3. The van der Waals surface area contributed by atoms with Gasteiger partial charge in [0.1, 0.15) is 0 Å². The van der Waals surface area contributed by atoms with E-state index >= 15 is 0 Å². The van der Waals surface area contributed by atoms with E-state index in [-0.39, 0.29) is 24.0 Å². The summed E-state index contributed by atoms with van der Waals surface area (Å²) in [5, 5.41) is 0. The molecule has 1 aromatic carbocycles. The number of alkyl halides is 6. The second kappa shape index (κ2) is 19.0. The zero-order valence-corrected chi connectivity index (χ0v) is 24.8. The highest BCUT2D eigenvalue weighted by atomic mass is 19.4. The van der Waals surface area contributed by atoms with E-state index < -0.39 is 29.5 Å². The van der Waals surface area contributed by atoms with E-state index in [0.29, 0.717) is 39.1 Å². The third-order valence-corrected chi connectivity index (χ3v) is 6.84. The molecule has 40 heavy (non-hydrogen) atoms. The van der Waals surface area contributed by atoms with E-state index in [2.05, 4.69) is 6.92 Å². The summed E-state index contributed by atoms with van der Waals surface area (Å²) in [4.78, 5) is 0. The molecule has 1 aromatic rings. The molecule has 0 aliphatic heterocycles. The van der Waals surface area contributed by atoms with Crippen molar-refractivity contribution in [2.45, 2.75) is 136 Å². The Bertz CT molecular complexity index is 740. The number of benzene rings is 1. The lowest BCUT2D eigenvalue weighted by Gasteiger charge is -2.40. The normalized spacial score (nSPS) is 13.7. The molecule has 0 heterocycles. The van der Waals surface area contributed by atoms with Crippen LogP contribution >= 0.6 is 0 Å². The van der Waals surface area contributed by atoms with Gasteiger partial charge in [-0.1, -0.05) is 72.6 Å². The highest BCUT2D eigenvalue weighted by Crippen LogP contribution is 2.38. The van der Waals surface area contributed by atoms with Gasteiger partial charge in [0, 0.05) is 5.92 Å². The molecular formula is C31H50F6O3. The molecule has 0 bridgehead atoms. The van der Waals surface area contributed by atoms with E-state index in [9.17, 15) is 26.3 Å². The van der Waals surface area contributed by atoms with Crippen LogP contribution < -0.4 is 0 Å². The van der Waals surface area contributed by atoms with Crippen LogP contribution in [0.4, 0.5) is 26.3 Å². The molecular weight excluding hydrogens is 534 g/mol. The van der Waals surface area contributed by atoms with Crippen molar-refractivity contribution in [1.82, 2.24) is 0 Å². The smallest absolute Gasteiger partial charge is 0.327 e. The summed E-state index contributed by atoms with van der Waals surface area (Å²) < 4.78 is 98.4. The number of hydrogen-bond donors (Lipinski definition) is 0. The summed E-state index contributed by atoms with van der Waals surface area (Å²) >= 11 is 0. The first kappa shape index (κ1) is 36.7. The largest absolute Gasteiger partial charge is 0.416 e. The molecule has 0 saturated heterocycles. The first-order chi connectivity index (χ1) is 18.9. The van der Waals surface area contributed by atoms with E-state index in [4.69, 9.17) is 14.2 Å². The molecule has 0 amide bonds. The molecule has 9 heteroatoms. The van der Waals surface area contributed by atoms with Crippen molar-refractivity contribution >= 4 is 0 Å². The lowest BCUT2D eigenvalue weighted by molar-refractivity contribution is -0.406. The minimum absolute atomic E-state index is 0.0348. The fourth-order valence-electron chi connectivity index (χ4n) is 4.76. The van der Waals surface area contributed by atoms with Crippen LogP contribution in [-0.4, -0.2) is 25.8 Å². The summed E-state index contributed by atoms with van der Waals surface area (Å²) in [6, 6.07) is 1.83. The summed E-state index contributed by atoms with van der Waals surface area (Å²) in [6.45, 7) is 9.60. The SMILES string of the molecule is CCCCCCCCC(CCCCc1cc(C(F)(F)F)cc(C(F)(F)F)c1)C(OCCC)(OCCC)OCCC. The molecule has 0 aliphatic rings. The van der Waals surface area contributed by atoms with Crippen molar-refractivity contribution in [2.24, 2.45) is 5.92 Å². The lowest BCUT2D eigenvalue weighted by atomic mass is 9.91. The van der Waals surface area contributed by atoms with E-state index in [1.54, 1.807) is 0 Å². The monoisotopic (exact) mass is 584 g/mol. The van der Waals surface area contributed by atoms with Crippen LogP contribution in [0.3, 0.4) is 0 Å². The highest BCUT2D eigenvalue weighted by Gasteiger charge is 2.42. The minimum atomic E-state index is -4.85. The Labute approximate surface area is 237 Å². The maximum atomic E-state index is 13.3. The van der Waals surface area contributed by atoms with Gasteiger partial charge >= 0.3 is 12.4 Å². The molecule has 0 radical (unpaired) electrons. The second-order valence-corrected chi connectivity index (χ2v) is 10.6. The van der Waals surface area contributed by atoms with Crippen molar-refractivity contribution in [3.8, 4) is 0 Å². The van der Waals surface area contributed by atoms with Gasteiger partial charge in [-0.2, -0.15) is 26.3 Å². The van der Waals surface area contributed by atoms with Gasteiger partial charge in [0.25, 0.3) is 5.97 Å². The molecule has 234 valence electrons.